The number of hydrogen-bond donors (Lipinski definition) is 1. The zero-order valence-electron chi connectivity index (χ0n) is 12.3. The Kier molecular flexibility index (Phi) is 2.68. The lowest BCUT2D eigenvalue weighted by atomic mass is 9.45. The van der Waals surface area contributed by atoms with Crippen LogP contribution < -0.4 is 0 Å². The molecule has 1 aliphatic heterocycles. The maximum atomic E-state index is 9.94. The summed E-state index contributed by atoms with van der Waals surface area (Å²) < 4.78 is 5.89. The molecule has 0 aromatic heterocycles. The van der Waals surface area contributed by atoms with Crippen LogP contribution >= 0.6 is 0 Å². The lowest BCUT2D eigenvalue weighted by molar-refractivity contribution is -0.181. The molecule has 5 atom stereocenters. The molecule has 2 nitrogen and oxygen atoms in total. The first-order chi connectivity index (χ1) is 8.28. The van der Waals surface area contributed by atoms with Crippen molar-refractivity contribution in [3.05, 3.63) is 0 Å². The second kappa shape index (κ2) is 3.73. The van der Waals surface area contributed by atoms with E-state index in [4.69, 9.17) is 4.74 Å². The highest BCUT2D eigenvalue weighted by atomic mass is 16.6. The van der Waals surface area contributed by atoms with Gasteiger partial charge in [0.05, 0.1) is 5.60 Å². The summed E-state index contributed by atoms with van der Waals surface area (Å²) in [6.45, 7) is 9.60. The molecule has 0 aromatic carbocycles. The fourth-order valence-corrected chi connectivity index (χ4v) is 5.83. The van der Waals surface area contributed by atoms with Crippen LogP contribution in [0.1, 0.15) is 66.2 Å². The maximum Gasteiger partial charge on any atom is 0.155 e. The molecule has 2 aliphatic carbocycles. The zero-order chi connectivity index (χ0) is 13.2. The Labute approximate surface area is 111 Å². The average Bonchev–Trinajstić information content (AvgIpc) is 2.53. The van der Waals surface area contributed by atoms with E-state index in [0.717, 1.165) is 18.8 Å². The van der Waals surface area contributed by atoms with E-state index >= 15 is 0 Å². The van der Waals surface area contributed by atoms with Crippen LogP contribution in [0.15, 0.2) is 0 Å². The molecule has 2 saturated carbocycles. The van der Waals surface area contributed by atoms with Gasteiger partial charge in [-0.25, -0.2) is 0 Å². The molecule has 0 bridgehead atoms. The summed E-state index contributed by atoms with van der Waals surface area (Å²) in [5, 5.41) is 9.94. The highest BCUT2D eigenvalue weighted by Gasteiger charge is 2.61. The van der Waals surface area contributed by atoms with Crippen molar-refractivity contribution in [2.45, 2.75) is 78.1 Å². The van der Waals surface area contributed by atoms with Crippen LogP contribution in [0, 0.1) is 22.7 Å². The molecule has 18 heavy (non-hydrogen) atoms. The first kappa shape index (κ1) is 12.9. The number of ether oxygens (including phenoxy) is 1. The van der Waals surface area contributed by atoms with E-state index in [1.54, 1.807) is 0 Å². The molecule has 3 rings (SSSR count). The van der Waals surface area contributed by atoms with Crippen LogP contribution in [0.25, 0.3) is 0 Å². The third-order valence-electron chi connectivity index (χ3n) is 6.58. The van der Waals surface area contributed by atoms with E-state index in [0.29, 0.717) is 16.7 Å². The van der Waals surface area contributed by atoms with Crippen LogP contribution in [0.3, 0.4) is 0 Å². The van der Waals surface area contributed by atoms with Crippen LogP contribution in [-0.2, 0) is 4.74 Å². The van der Waals surface area contributed by atoms with Gasteiger partial charge in [-0.2, -0.15) is 0 Å². The van der Waals surface area contributed by atoms with Gasteiger partial charge in [-0.3, -0.25) is 0 Å². The van der Waals surface area contributed by atoms with Crippen molar-refractivity contribution in [3.63, 3.8) is 0 Å². The van der Waals surface area contributed by atoms with E-state index in [-0.39, 0.29) is 5.60 Å². The van der Waals surface area contributed by atoms with Gasteiger partial charge < -0.3 is 9.84 Å². The molecule has 1 saturated heterocycles. The summed E-state index contributed by atoms with van der Waals surface area (Å²) in [5.41, 5.74) is 0.756. The van der Waals surface area contributed by atoms with Crippen molar-refractivity contribution < 1.29 is 9.84 Å². The van der Waals surface area contributed by atoms with E-state index in [1.165, 1.54) is 25.7 Å². The lowest BCUT2D eigenvalue weighted by Gasteiger charge is -2.60. The van der Waals surface area contributed by atoms with Crippen LogP contribution in [0.2, 0.25) is 0 Å². The van der Waals surface area contributed by atoms with Crippen LogP contribution in [-0.4, -0.2) is 17.0 Å². The highest BCUT2D eigenvalue weighted by Crippen LogP contribution is 2.65. The van der Waals surface area contributed by atoms with E-state index in [1.807, 2.05) is 0 Å². The predicted molar refractivity (Wildman–Crippen MR) is 72.1 cm³/mol. The zero-order valence-corrected chi connectivity index (χ0v) is 12.3. The summed E-state index contributed by atoms with van der Waals surface area (Å²) in [4.78, 5) is 0. The Balaban J connectivity index is 1.98. The molecule has 3 aliphatic rings. The summed E-state index contributed by atoms with van der Waals surface area (Å²) in [6, 6.07) is 0. The molecule has 1 N–H and O–H groups in total. The van der Waals surface area contributed by atoms with Crippen molar-refractivity contribution in [1.82, 2.24) is 0 Å². The third-order valence-corrected chi connectivity index (χ3v) is 6.58. The molecule has 104 valence electrons. The quantitative estimate of drug-likeness (QED) is 0.712. The topological polar surface area (TPSA) is 29.5 Å². The number of rotatable bonds is 0. The Morgan fingerprint density at radius 1 is 1.00 bits per heavy atom. The molecule has 1 heterocycles. The average molecular weight is 252 g/mol. The SMILES string of the molecule is CC1(C)CCC[C@@]2(C)C1CC[C@@]1(C)O[C@H](O)C[C@@H]12. The second-order valence-electron chi connectivity index (χ2n) is 8.11. The first-order valence-electron chi connectivity index (χ1n) is 7.64. The van der Waals surface area contributed by atoms with E-state index in [2.05, 4.69) is 27.7 Å². The molecule has 3 fully saturated rings. The number of aliphatic hydroxyl groups is 1. The molecule has 2 heteroatoms. The van der Waals surface area contributed by atoms with Crippen molar-refractivity contribution in [2.24, 2.45) is 22.7 Å². The normalized spacial score (nSPS) is 54.8. The molecule has 0 radical (unpaired) electrons. The molecule has 0 spiro atoms. The van der Waals surface area contributed by atoms with Gasteiger partial charge in [-0.05, 0) is 55.3 Å². The summed E-state index contributed by atoms with van der Waals surface area (Å²) in [7, 11) is 0. The molecular weight excluding hydrogens is 224 g/mol. The fourth-order valence-electron chi connectivity index (χ4n) is 5.83. The van der Waals surface area contributed by atoms with Crippen molar-refractivity contribution in [2.75, 3.05) is 0 Å². The Morgan fingerprint density at radius 3 is 2.44 bits per heavy atom. The Hall–Kier alpha value is -0.0800. The van der Waals surface area contributed by atoms with Crippen LogP contribution in [0.4, 0.5) is 0 Å². The van der Waals surface area contributed by atoms with Gasteiger partial charge in [0.2, 0.25) is 0 Å². The van der Waals surface area contributed by atoms with Gasteiger partial charge in [0, 0.05) is 6.42 Å². The largest absolute Gasteiger partial charge is 0.368 e. The minimum absolute atomic E-state index is 0.0713. The van der Waals surface area contributed by atoms with Gasteiger partial charge >= 0.3 is 0 Å². The minimum Gasteiger partial charge on any atom is -0.368 e. The number of hydrogen-bond acceptors (Lipinski definition) is 2. The van der Waals surface area contributed by atoms with Crippen molar-refractivity contribution in [1.29, 1.82) is 0 Å². The number of fused-ring (bicyclic) bond motifs is 3. The number of aliphatic hydroxyl groups excluding tert-OH is 1. The van der Waals surface area contributed by atoms with Gasteiger partial charge in [0.25, 0.3) is 0 Å². The third kappa shape index (κ3) is 1.61. The minimum atomic E-state index is -0.527. The van der Waals surface area contributed by atoms with E-state index < -0.39 is 6.29 Å². The van der Waals surface area contributed by atoms with Gasteiger partial charge in [-0.15, -0.1) is 0 Å². The molecule has 0 amide bonds. The smallest absolute Gasteiger partial charge is 0.155 e. The predicted octanol–water partition coefficient (Wildman–Crippen LogP) is 3.73. The first-order valence-corrected chi connectivity index (χ1v) is 7.64. The fraction of sp³-hybridized carbons (Fsp3) is 1.00. The summed E-state index contributed by atoms with van der Waals surface area (Å²) >= 11 is 0. The molecule has 0 aromatic rings. The summed E-state index contributed by atoms with van der Waals surface area (Å²) in [5.74, 6) is 1.34. The Morgan fingerprint density at radius 2 is 1.72 bits per heavy atom. The summed E-state index contributed by atoms with van der Waals surface area (Å²) in [6.07, 6.45) is 6.72. The van der Waals surface area contributed by atoms with Gasteiger partial charge in [0.15, 0.2) is 6.29 Å². The van der Waals surface area contributed by atoms with Crippen molar-refractivity contribution >= 4 is 0 Å². The van der Waals surface area contributed by atoms with Crippen molar-refractivity contribution in [3.8, 4) is 0 Å². The maximum absolute atomic E-state index is 9.94. The standard InChI is InChI=1S/C16H28O2/c1-14(2)7-5-8-15(3)11(14)6-9-16(4)12(15)10-13(17)18-16/h11-13,17H,5-10H2,1-4H3/t11?,12-,13+,15+,16-/m1/s1. The molecule has 1 unspecified atom stereocenters. The van der Waals surface area contributed by atoms with Gasteiger partial charge in [0.1, 0.15) is 0 Å². The second-order valence-corrected chi connectivity index (χ2v) is 8.11. The van der Waals surface area contributed by atoms with Gasteiger partial charge in [-0.1, -0.05) is 27.2 Å². The highest BCUT2D eigenvalue weighted by molar-refractivity contribution is 5.10. The van der Waals surface area contributed by atoms with E-state index in [9.17, 15) is 5.11 Å². The lowest BCUT2D eigenvalue weighted by Crippen LogP contribution is -2.55. The Bertz CT molecular complexity index is 351. The monoisotopic (exact) mass is 252 g/mol. The van der Waals surface area contributed by atoms with Crippen LogP contribution in [0.5, 0.6) is 0 Å². The molecular formula is C16H28O2.